The van der Waals surface area contributed by atoms with Crippen LogP contribution in [0.1, 0.15) is 62.3 Å². The fourth-order valence-corrected chi connectivity index (χ4v) is 2.73. The van der Waals surface area contributed by atoms with Crippen molar-refractivity contribution in [1.82, 2.24) is 4.98 Å². The molecule has 0 amide bonds. The third kappa shape index (κ3) is 3.81. The molecule has 1 saturated carbocycles. The molecule has 0 spiro atoms. The first kappa shape index (κ1) is 12.6. The normalized spacial score (nSPS) is 19.9. The molecule has 1 aromatic rings. The van der Waals surface area contributed by atoms with E-state index in [1.807, 2.05) is 25.3 Å². The van der Waals surface area contributed by atoms with Gasteiger partial charge in [0.2, 0.25) is 0 Å². The van der Waals surface area contributed by atoms with Crippen LogP contribution in [-0.2, 0) is 0 Å². The maximum absolute atomic E-state index is 10.2. The second-order valence-electron chi connectivity index (χ2n) is 5.34. The number of rotatable bonds is 3. The van der Waals surface area contributed by atoms with Gasteiger partial charge >= 0.3 is 0 Å². The fraction of sp³-hybridized carbons (Fsp3) is 0.667. The molecule has 2 rings (SSSR count). The van der Waals surface area contributed by atoms with E-state index in [1.165, 1.54) is 38.5 Å². The Kier molecular flexibility index (Phi) is 4.55. The minimum Gasteiger partial charge on any atom is -0.388 e. The first-order chi connectivity index (χ1) is 8.25. The second kappa shape index (κ2) is 6.15. The van der Waals surface area contributed by atoms with E-state index in [2.05, 4.69) is 4.98 Å². The van der Waals surface area contributed by atoms with E-state index < -0.39 is 0 Å². The molecule has 17 heavy (non-hydrogen) atoms. The van der Waals surface area contributed by atoms with Gasteiger partial charge in [-0.25, -0.2) is 0 Å². The van der Waals surface area contributed by atoms with Crippen LogP contribution in [0.15, 0.2) is 18.3 Å². The van der Waals surface area contributed by atoms with Crippen LogP contribution in [0.3, 0.4) is 0 Å². The molecule has 1 aromatic heterocycles. The van der Waals surface area contributed by atoms with Crippen molar-refractivity contribution >= 4 is 0 Å². The molecule has 1 fully saturated rings. The van der Waals surface area contributed by atoms with Crippen LogP contribution in [0, 0.1) is 12.8 Å². The van der Waals surface area contributed by atoms with Crippen LogP contribution in [0.5, 0.6) is 0 Å². The van der Waals surface area contributed by atoms with Gasteiger partial charge in [-0.1, -0.05) is 44.6 Å². The number of hydrogen-bond acceptors (Lipinski definition) is 2. The highest BCUT2D eigenvalue weighted by Gasteiger charge is 2.17. The molecule has 0 bridgehead atoms. The molecule has 1 atom stereocenters. The minimum atomic E-state index is -0.328. The maximum Gasteiger partial charge on any atom is 0.0807 e. The Hall–Kier alpha value is -0.890. The van der Waals surface area contributed by atoms with Crippen molar-refractivity contribution < 1.29 is 5.11 Å². The number of hydrogen-bond donors (Lipinski definition) is 1. The number of aromatic nitrogens is 1. The van der Waals surface area contributed by atoms with Gasteiger partial charge in [0.1, 0.15) is 0 Å². The summed E-state index contributed by atoms with van der Waals surface area (Å²) < 4.78 is 0. The van der Waals surface area contributed by atoms with E-state index in [9.17, 15) is 5.11 Å². The summed E-state index contributed by atoms with van der Waals surface area (Å²) in [5.74, 6) is 0.703. The zero-order valence-electron chi connectivity index (χ0n) is 10.7. The first-order valence-corrected chi connectivity index (χ1v) is 6.86. The van der Waals surface area contributed by atoms with Crippen molar-refractivity contribution in [2.24, 2.45) is 5.92 Å². The third-order valence-corrected chi connectivity index (χ3v) is 3.85. The van der Waals surface area contributed by atoms with E-state index >= 15 is 0 Å². The Morgan fingerprint density at radius 2 is 1.94 bits per heavy atom. The molecule has 1 unspecified atom stereocenters. The molecule has 0 aliphatic heterocycles. The summed E-state index contributed by atoms with van der Waals surface area (Å²) >= 11 is 0. The quantitative estimate of drug-likeness (QED) is 0.806. The lowest BCUT2D eigenvalue weighted by Gasteiger charge is -2.18. The van der Waals surface area contributed by atoms with E-state index in [-0.39, 0.29) is 6.10 Å². The summed E-state index contributed by atoms with van der Waals surface area (Å²) in [7, 11) is 0. The molecule has 1 aliphatic rings. The smallest absolute Gasteiger partial charge is 0.0807 e. The monoisotopic (exact) mass is 233 g/mol. The van der Waals surface area contributed by atoms with Crippen molar-refractivity contribution in [3.63, 3.8) is 0 Å². The van der Waals surface area contributed by atoms with Crippen molar-refractivity contribution in [2.75, 3.05) is 0 Å². The van der Waals surface area contributed by atoms with Gasteiger partial charge in [-0.15, -0.1) is 0 Å². The van der Waals surface area contributed by atoms with Crippen LogP contribution >= 0.6 is 0 Å². The Balaban J connectivity index is 1.91. The van der Waals surface area contributed by atoms with Crippen molar-refractivity contribution in [3.8, 4) is 0 Å². The van der Waals surface area contributed by atoms with E-state index in [0.29, 0.717) is 5.92 Å². The molecule has 1 aliphatic carbocycles. The van der Waals surface area contributed by atoms with Gasteiger partial charge < -0.3 is 5.11 Å². The zero-order chi connectivity index (χ0) is 12.1. The van der Waals surface area contributed by atoms with Gasteiger partial charge in [0.25, 0.3) is 0 Å². The van der Waals surface area contributed by atoms with Gasteiger partial charge in [-0.2, -0.15) is 0 Å². The highest BCUT2D eigenvalue weighted by atomic mass is 16.3. The van der Waals surface area contributed by atoms with Crippen LogP contribution in [-0.4, -0.2) is 10.1 Å². The lowest BCUT2D eigenvalue weighted by Crippen LogP contribution is -2.07. The predicted octanol–water partition coefficient (Wildman–Crippen LogP) is 3.78. The summed E-state index contributed by atoms with van der Waals surface area (Å²) in [6, 6.07) is 3.98. The molecular formula is C15H23NO. The number of aryl methyl sites for hydroxylation is 1. The second-order valence-corrected chi connectivity index (χ2v) is 5.34. The number of aliphatic hydroxyl groups excluding tert-OH is 1. The molecule has 0 radical (unpaired) electrons. The molecule has 2 heteroatoms. The van der Waals surface area contributed by atoms with Gasteiger partial charge in [0.05, 0.1) is 6.10 Å². The van der Waals surface area contributed by atoms with Crippen molar-refractivity contribution in [2.45, 2.75) is 58.0 Å². The lowest BCUT2D eigenvalue weighted by molar-refractivity contribution is 0.138. The largest absolute Gasteiger partial charge is 0.388 e. The molecule has 1 N–H and O–H groups in total. The summed E-state index contributed by atoms with van der Waals surface area (Å²) in [5, 5.41) is 10.2. The molecule has 2 nitrogen and oxygen atoms in total. The fourth-order valence-electron chi connectivity index (χ4n) is 2.73. The Bertz CT molecular complexity index is 325. The highest BCUT2D eigenvalue weighted by Crippen LogP contribution is 2.30. The molecule has 1 heterocycles. The van der Waals surface area contributed by atoms with Crippen molar-refractivity contribution in [1.29, 1.82) is 0 Å². The standard InChI is InChI=1S/C15H23NO/c1-12-8-9-14(11-16-12)15(17)10-13-6-4-2-3-5-7-13/h8-9,11,13,15,17H,2-7,10H2,1H3. The molecule has 0 saturated heterocycles. The summed E-state index contributed by atoms with van der Waals surface area (Å²) in [4.78, 5) is 4.25. The predicted molar refractivity (Wildman–Crippen MR) is 69.7 cm³/mol. The minimum absolute atomic E-state index is 0.328. The van der Waals surface area contributed by atoms with E-state index in [0.717, 1.165) is 17.7 Å². The van der Waals surface area contributed by atoms with Gasteiger partial charge in [0, 0.05) is 11.9 Å². The number of aliphatic hydroxyl groups is 1. The van der Waals surface area contributed by atoms with Crippen molar-refractivity contribution in [3.05, 3.63) is 29.6 Å². The lowest BCUT2D eigenvalue weighted by atomic mass is 9.91. The average Bonchev–Trinajstić information content (AvgIpc) is 2.58. The summed E-state index contributed by atoms with van der Waals surface area (Å²) in [6.07, 6.45) is 10.4. The summed E-state index contributed by atoms with van der Waals surface area (Å²) in [5.41, 5.74) is 1.98. The van der Waals surface area contributed by atoms with Crippen LogP contribution < -0.4 is 0 Å². The van der Waals surface area contributed by atoms with Crippen LogP contribution in [0.25, 0.3) is 0 Å². The molecular weight excluding hydrogens is 210 g/mol. The van der Waals surface area contributed by atoms with Gasteiger partial charge in [-0.05, 0) is 30.9 Å². The SMILES string of the molecule is Cc1ccc(C(O)CC2CCCCCC2)cn1. The van der Waals surface area contributed by atoms with E-state index in [1.54, 1.807) is 0 Å². The Labute approximate surface area is 104 Å². The molecule has 94 valence electrons. The Morgan fingerprint density at radius 1 is 1.24 bits per heavy atom. The summed E-state index contributed by atoms with van der Waals surface area (Å²) in [6.45, 7) is 1.97. The van der Waals surface area contributed by atoms with Crippen LogP contribution in [0.4, 0.5) is 0 Å². The third-order valence-electron chi connectivity index (χ3n) is 3.85. The topological polar surface area (TPSA) is 33.1 Å². The number of pyridine rings is 1. The first-order valence-electron chi connectivity index (χ1n) is 6.86. The van der Waals surface area contributed by atoms with E-state index in [4.69, 9.17) is 0 Å². The maximum atomic E-state index is 10.2. The van der Waals surface area contributed by atoms with Gasteiger partial charge in [0.15, 0.2) is 0 Å². The number of nitrogens with zero attached hydrogens (tertiary/aromatic N) is 1. The van der Waals surface area contributed by atoms with Gasteiger partial charge in [-0.3, -0.25) is 4.98 Å². The van der Waals surface area contributed by atoms with Crippen LogP contribution in [0.2, 0.25) is 0 Å². The zero-order valence-corrected chi connectivity index (χ0v) is 10.7. The average molecular weight is 233 g/mol. The Morgan fingerprint density at radius 3 is 2.53 bits per heavy atom. The molecule has 0 aromatic carbocycles. The highest BCUT2D eigenvalue weighted by molar-refractivity contribution is 5.15.